The van der Waals surface area contributed by atoms with Crippen LogP contribution in [0, 0.1) is 6.92 Å². The van der Waals surface area contributed by atoms with Gasteiger partial charge >= 0.3 is 6.03 Å². The number of hydrogen-bond acceptors (Lipinski definition) is 4. The van der Waals surface area contributed by atoms with Gasteiger partial charge in [0.1, 0.15) is 11.3 Å². The predicted molar refractivity (Wildman–Crippen MR) is 161 cm³/mol. The van der Waals surface area contributed by atoms with Gasteiger partial charge in [-0.3, -0.25) is 19.4 Å². The summed E-state index contributed by atoms with van der Waals surface area (Å²) in [4.78, 5) is 45.8. The molecule has 1 saturated heterocycles. The van der Waals surface area contributed by atoms with Gasteiger partial charge in [0.05, 0.1) is 6.10 Å². The minimum atomic E-state index is -0.490. The summed E-state index contributed by atoms with van der Waals surface area (Å²) >= 11 is 6.36. The number of barbiturate groups is 1. The van der Waals surface area contributed by atoms with Gasteiger partial charge in [0.15, 0.2) is 0 Å². The molecule has 0 spiro atoms. The van der Waals surface area contributed by atoms with Gasteiger partial charge in [-0.05, 0) is 92.8 Å². The van der Waals surface area contributed by atoms with E-state index in [1.54, 1.807) is 0 Å². The maximum atomic E-state index is 14.5. The van der Waals surface area contributed by atoms with E-state index in [1.165, 1.54) is 9.80 Å². The van der Waals surface area contributed by atoms with Gasteiger partial charge in [0, 0.05) is 22.7 Å². The number of hydrogen-bond donors (Lipinski definition) is 0. The van der Waals surface area contributed by atoms with Crippen molar-refractivity contribution in [3.05, 3.63) is 52.1 Å². The average Bonchev–Trinajstić information content (AvgIpc) is 2.98. The second-order valence-corrected chi connectivity index (χ2v) is 12.9. The number of amides is 4. The number of halogens is 1. The lowest BCUT2D eigenvalue weighted by Gasteiger charge is -2.43. The summed E-state index contributed by atoms with van der Waals surface area (Å²) in [6, 6.07) is 9.00. The summed E-state index contributed by atoms with van der Waals surface area (Å²) in [5.74, 6) is -0.647. The van der Waals surface area contributed by atoms with Crippen LogP contribution in [0.3, 0.4) is 0 Å². The number of benzene rings is 2. The molecule has 3 saturated carbocycles. The first-order valence-corrected chi connectivity index (χ1v) is 16.1. The Bertz CT molecular complexity index is 1320. The smallest absolute Gasteiger partial charge is 0.334 e. The van der Waals surface area contributed by atoms with E-state index in [2.05, 4.69) is 6.07 Å². The third kappa shape index (κ3) is 5.64. The molecule has 4 aliphatic rings. The minimum absolute atomic E-state index is 0.0239. The SMILES string of the molecule is Cc1cc2ccc(Cl)cc2cc1C(OC1CCCCC1)=C1C(=O)N(C2CCCCC2)C(=O)N(C2CCCCC2)C1=O. The molecular weight excluding hydrogens is 536 g/mol. The van der Waals surface area contributed by atoms with Crippen LogP contribution in [-0.2, 0) is 14.3 Å². The summed E-state index contributed by atoms with van der Waals surface area (Å²) in [5, 5.41) is 2.57. The standard InChI is InChI=1S/C34H41ClN2O4/c1-22-19-23-17-18-25(35)20-24(23)21-29(22)31(41-28-15-9-4-10-16-28)30-32(38)36(26-11-5-2-6-12-26)34(40)37(33(30)39)27-13-7-3-8-14-27/h17-21,26-28H,2-16H2,1H3. The van der Waals surface area contributed by atoms with Crippen molar-refractivity contribution in [3.63, 3.8) is 0 Å². The van der Waals surface area contributed by atoms with Crippen molar-refractivity contribution in [2.45, 2.75) is 121 Å². The number of imide groups is 2. The fourth-order valence-corrected chi connectivity index (χ4v) is 7.55. The molecule has 0 bridgehead atoms. The highest BCUT2D eigenvalue weighted by Crippen LogP contribution is 2.38. The summed E-state index contributed by atoms with van der Waals surface area (Å²) in [6.07, 6.45) is 14.2. The molecule has 7 heteroatoms. The van der Waals surface area contributed by atoms with Crippen molar-refractivity contribution >= 4 is 46.0 Å². The first-order chi connectivity index (χ1) is 19.9. The molecular formula is C34H41ClN2O4. The number of carbonyl (C=O) groups is 3. The lowest BCUT2D eigenvalue weighted by atomic mass is 9.89. The lowest BCUT2D eigenvalue weighted by molar-refractivity contribution is -0.139. The highest BCUT2D eigenvalue weighted by Gasteiger charge is 2.50. The van der Waals surface area contributed by atoms with Crippen molar-refractivity contribution in [3.8, 4) is 0 Å². The van der Waals surface area contributed by atoms with Gasteiger partial charge < -0.3 is 4.74 Å². The van der Waals surface area contributed by atoms with Gasteiger partial charge in [-0.2, -0.15) is 0 Å². The Hall–Kier alpha value is -2.86. The van der Waals surface area contributed by atoms with Crippen LogP contribution in [0.2, 0.25) is 5.02 Å². The first-order valence-electron chi connectivity index (χ1n) is 15.7. The summed E-state index contributed by atoms with van der Waals surface area (Å²) in [6.45, 7) is 1.99. The quantitative estimate of drug-likeness (QED) is 0.204. The Morgan fingerprint density at radius 2 is 1.24 bits per heavy atom. The highest BCUT2D eigenvalue weighted by molar-refractivity contribution is 6.32. The molecule has 4 fully saturated rings. The number of rotatable bonds is 5. The van der Waals surface area contributed by atoms with Crippen molar-refractivity contribution in [1.29, 1.82) is 0 Å². The zero-order valence-corrected chi connectivity index (χ0v) is 24.9. The van der Waals surface area contributed by atoms with Crippen molar-refractivity contribution in [2.24, 2.45) is 0 Å². The van der Waals surface area contributed by atoms with Gasteiger partial charge in [0.2, 0.25) is 0 Å². The Morgan fingerprint density at radius 1 is 0.707 bits per heavy atom. The van der Waals surface area contributed by atoms with Gasteiger partial charge in [-0.15, -0.1) is 0 Å². The zero-order valence-electron chi connectivity index (χ0n) is 24.1. The van der Waals surface area contributed by atoms with E-state index < -0.39 is 17.8 Å². The molecule has 1 aliphatic heterocycles. The van der Waals surface area contributed by atoms with E-state index in [4.69, 9.17) is 16.3 Å². The maximum absolute atomic E-state index is 14.5. The summed E-state index contributed by atoms with van der Waals surface area (Å²) < 4.78 is 6.76. The van der Waals surface area contributed by atoms with Gasteiger partial charge in [-0.25, -0.2) is 4.79 Å². The molecule has 0 radical (unpaired) electrons. The Morgan fingerprint density at radius 3 is 1.80 bits per heavy atom. The molecule has 41 heavy (non-hydrogen) atoms. The van der Waals surface area contributed by atoms with Crippen molar-refractivity contribution in [1.82, 2.24) is 9.80 Å². The van der Waals surface area contributed by atoms with E-state index in [1.807, 2.05) is 31.2 Å². The highest BCUT2D eigenvalue weighted by atomic mass is 35.5. The number of aryl methyl sites for hydroxylation is 1. The molecule has 3 aliphatic carbocycles. The molecule has 0 unspecified atom stereocenters. The van der Waals surface area contributed by atoms with Crippen LogP contribution < -0.4 is 0 Å². The van der Waals surface area contributed by atoms with E-state index in [0.29, 0.717) is 10.8 Å². The Labute approximate surface area is 248 Å². The number of fused-ring (bicyclic) bond motifs is 1. The molecule has 1 heterocycles. The van der Waals surface area contributed by atoms with Crippen molar-refractivity contribution in [2.75, 3.05) is 0 Å². The fraction of sp³-hybridized carbons (Fsp3) is 0.559. The van der Waals surface area contributed by atoms with Crippen molar-refractivity contribution < 1.29 is 19.1 Å². The maximum Gasteiger partial charge on any atom is 0.334 e. The second-order valence-electron chi connectivity index (χ2n) is 12.5. The molecule has 0 N–H and O–H groups in total. The van der Waals surface area contributed by atoms with Crippen LogP contribution in [0.15, 0.2) is 35.9 Å². The van der Waals surface area contributed by atoms with Crippen LogP contribution in [0.5, 0.6) is 0 Å². The molecule has 4 amide bonds. The minimum Gasteiger partial charge on any atom is -0.489 e. The molecule has 0 atom stereocenters. The molecule has 6 rings (SSSR count). The number of urea groups is 1. The molecule has 2 aromatic rings. The normalized spacial score (nSPS) is 22.1. The topological polar surface area (TPSA) is 66.9 Å². The van der Waals surface area contributed by atoms with E-state index in [0.717, 1.165) is 118 Å². The van der Waals surface area contributed by atoms with E-state index >= 15 is 0 Å². The fourth-order valence-electron chi connectivity index (χ4n) is 7.37. The first kappa shape index (κ1) is 28.3. The van der Waals surface area contributed by atoms with Crippen LogP contribution in [0.25, 0.3) is 16.5 Å². The van der Waals surface area contributed by atoms with Gasteiger partial charge in [-0.1, -0.05) is 68.7 Å². The van der Waals surface area contributed by atoms with Crippen LogP contribution in [0.4, 0.5) is 4.79 Å². The monoisotopic (exact) mass is 576 g/mol. The van der Waals surface area contributed by atoms with Gasteiger partial charge in [0.25, 0.3) is 11.8 Å². The number of nitrogens with zero attached hydrogens (tertiary/aromatic N) is 2. The molecule has 0 aromatic heterocycles. The molecule has 2 aromatic carbocycles. The lowest BCUT2D eigenvalue weighted by Crippen LogP contribution is -2.62. The average molecular weight is 577 g/mol. The summed E-state index contributed by atoms with van der Waals surface area (Å²) in [5.41, 5.74) is 1.67. The predicted octanol–water partition coefficient (Wildman–Crippen LogP) is 8.32. The second kappa shape index (κ2) is 12.2. The molecule has 6 nitrogen and oxygen atoms in total. The van der Waals surface area contributed by atoms with Crippen LogP contribution >= 0.6 is 11.6 Å². The Balaban J connectivity index is 1.54. The van der Waals surface area contributed by atoms with E-state index in [9.17, 15) is 14.4 Å². The summed E-state index contributed by atoms with van der Waals surface area (Å²) in [7, 11) is 0. The van der Waals surface area contributed by atoms with Crippen LogP contribution in [0.1, 0.15) is 107 Å². The Kier molecular flexibility index (Phi) is 8.39. The number of ether oxygens (including phenoxy) is 1. The molecule has 218 valence electrons. The van der Waals surface area contributed by atoms with E-state index in [-0.39, 0.29) is 23.8 Å². The largest absolute Gasteiger partial charge is 0.489 e. The third-order valence-corrected chi connectivity index (χ3v) is 9.85. The zero-order chi connectivity index (χ0) is 28.5. The number of carbonyl (C=O) groups excluding carboxylic acids is 3. The van der Waals surface area contributed by atoms with Crippen LogP contribution in [-0.4, -0.2) is 45.8 Å². The third-order valence-electron chi connectivity index (χ3n) is 9.61.